The lowest BCUT2D eigenvalue weighted by Crippen LogP contribution is -2.25. The first kappa shape index (κ1) is 18.9. The molecule has 0 aliphatic rings. The molecule has 106 valence electrons. The number of ether oxygens (including phenoxy) is 1. The molecule has 0 aliphatic heterocycles. The van der Waals surface area contributed by atoms with Gasteiger partial charge in [-0.15, -0.1) is 5.92 Å². The second-order valence-electron chi connectivity index (χ2n) is 3.93. The van der Waals surface area contributed by atoms with E-state index in [4.69, 9.17) is 9.29 Å². The van der Waals surface area contributed by atoms with Gasteiger partial charge in [-0.05, 0) is 45.0 Å². The van der Waals surface area contributed by atoms with Gasteiger partial charge in [-0.25, -0.2) is 0 Å². The van der Waals surface area contributed by atoms with Crippen molar-refractivity contribution in [3.63, 3.8) is 0 Å². The molecule has 1 aromatic carbocycles. The Morgan fingerprint density at radius 3 is 2.05 bits per heavy atom. The van der Waals surface area contributed by atoms with E-state index >= 15 is 0 Å². The minimum absolute atomic E-state index is 0.163. The first-order chi connectivity index (χ1) is 8.74. The van der Waals surface area contributed by atoms with E-state index in [9.17, 15) is 8.42 Å². The van der Waals surface area contributed by atoms with E-state index in [-0.39, 0.29) is 4.90 Å². The zero-order valence-electron chi connectivity index (χ0n) is 10.6. The zero-order valence-corrected chi connectivity index (χ0v) is 15.8. The van der Waals surface area contributed by atoms with Crippen LogP contribution in [0.4, 0.5) is 0 Å². The number of hydrogen-bond acceptors (Lipinski definition) is 3. The van der Waals surface area contributed by atoms with Gasteiger partial charge in [0.25, 0.3) is 10.1 Å². The van der Waals surface area contributed by atoms with Crippen LogP contribution in [-0.4, -0.2) is 18.6 Å². The standard InChI is InChI=1S/C12H14O4S.I2/c1-4-9-12(2,3)16-10-5-7-11(8-6-10)17(13,14)15;1-2/h5-8H,1-3H3,(H,13,14,15);. The van der Waals surface area contributed by atoms with Crippen molar-refractivity contribution in [3.8, 4) is 17.6 Å². The van der Waals surface area contributed by atoms with Gasteiger partial charge >= 0.3 is 0 Å². The summed E-state index contributed by atoms with van der Waals surface area (Å²) >= 11 is 4.24. The largest absolute Gasteiger partial charge is 0.475 e. The highest BCUT2D eigenvalue weighted by molar-refractivity contribution is 15.0. The van der Waals surface area contributed by atoms with Gasteiger partial charge in [0, 0.05) is 37.2 Å². The fraction of sp³-hybridized carbons (Fsp3) is 0.333. The van der Waals surface area contributed by atoms with Crippen LogP contribution in [-0.2, 0) is 10.1 Å². The van der Waals surface area contributed by atoms with Gasteiger partial charge in [0.15, 0.2) is 5.60 Å². The summed E-state index contributed by atoms with van der Waals surface area (Å²) in [5.41, 5.74) is -0.644. The van der Waals surface area contributed by atoms with Gasteiger partial charge in [0.1, 0.15) is 5.75 Å². The number of rotatable bonds is 3. The molecule has 0 saturated carbocycles. The van der Waals surface area contributed by atoms with E-state index in [0.29, 0.717) is 5.75 Å². The highest BCUT2D eigenvalue weighted by atomic mass is 128. The molecule has 0 radical (unpaired) electrons. The Kier molecular flexibility index (Phi) is 8.26. The molecule has 1 N–H and O–H groups in total. The Labute approximate surface area is 137 Å². The first-order valence-electron chi connectivity index (χ1n) is 5.09. The fourth-order valence-electron chi connectivity index (χ4n) is 1.30. The van der Waals surface area contributed by atoms with E-state index in [1.807, 2.05) is 0 Å². The molecule has 0 atom stereocenters. The van der Waals surface area contributed by atoms with Crippen molar-refractivity contribution < 1.29 is 17.7 Å². The monoisotopic (exact) mass is 508 g/mol. The summed E-state index contributed by atoms with van der Waals surface area (Å²) < 4.78 is 36.0. The van der Waals surface area contributed by atoms with Crippen molar-refractivity contribution in [2.75, 3.05) is 0 Å². The van der Waals surface area contributed by atoms with Crippen LogP contribution in [0.25, 0.3) is 0 Å². The maximum Gasteiger partial charge on any atom is 0.294 e. The summed E-state index contributed by atoms with van der Waals surface area (Å²) in [7, 11) is -4.16. The molecule has 1 rings (SSSR count). The van der Waals surface area contributed by atoms with E-state index in [2.05, 4.69) is 49.1 Å². The summed E-state index contributed by atoms with van der Waals surface area (Å²) in [5.74, 6) is 6.12. The van der Waals surface area contributed by atoms with Crippen molar-refractivity contribution in [1.29, 1.82) is 0 Å². The van der Waals surface area contributed by atoms with Crippen molar-refractivity contribution in [2.24, 2.45) is 0 Å². The first-order valence-corrected chi connectivity index (χ1v) is 12.8. The lowest BCUT2D eigenvalue weighted by Gasteiger charge is -2.20. The molecule has 7 heteroatoms. The summed E-state index contributed by atoms with van der Waals surface area (Å²) in [6.07, 6.45) is 0. The third-order valence-electron chi connectivity index (χ3n) is 1.92. The molecule has 0 fully saturated rings. The molecule has 0 bridgehead atoms. The van der Waals surface area contributed by atoms with E-state index in [0.717, 1.165) is 0 Å². The highest BCUT2D eigenvalue weighted by Crippen LogP contribution is 2.20. The topological polar surface area (TPSA) is 63.6 Å². The van der Waals surface area contributed by atoms with Crippen LogP contribution in [0.2, 0.25) is 0 Å². The number of benzene rings is 1. The molecule has 0 aliphatic carbocycles. The Morgan fingerprint density at radius 1 is 1.21 bits per heavy atom. The zero-order chi connectivity index (χ0) is 15.1. The molecule has 0 unspecified atom stereocenters. The Balaban J connectivity index is 0.00000154. The third kappa shape index (κ3) is 7.34. The van der Waals surface area contributed by atoms with E-state index in [1.54, 1.807) is 20.8 Å². The molecule has 0 heterocycles. The third-order valence-corrected chi connectivity index (χ3v) is 2.79. The molecule has 4 nitrogen and oxygen atoms in total. The molecule has 0 spiro atoms. The molecule has 0 saturated heterocycles. The lowest BCUT2D eigenvalue weighted by atomic mass is 10.1. The number of hydrogen-bond donors (Lipinski definition) is 1. The average Bonchev–Trinajstić information content (AvgIpc) is 2.30. The molecule has 0 amide bonds. The summed E-state index contributed by atoms with van der Waals surface area (Å²) in [6.45, 7) is 5.33. The number of halogens is 2. The van der Waals surface area contributed by atoms with E-state index in [1.165, 1.54) is 24.3 Å². The average molecular weight is 508 g/mol. The summed E-state index contributed by atoms with van der Waals surface area (Å²) in [6, 6.07) is 5.50. The lowest BCUT2D eigenvalue weighted by molar-refractivity contribution is 0.172. The second kappa shape index (κ2) is 8.28. The van der Waals surface area contributed by atoms with Crippen LogP contribution in [0.15, 0.2) is 29.2 Å². The van der Waals surface area contributed by atoms with Gasteiger partial charge in [0.05, 0.1) is 4.90 Å². The molecule has 19 heavy (non-hydrogen) atoms. The van der Waals surface area contributed by atoms with Gasteiger partial charge < -0.3 is 4.74 Å². The summed E-state index contributed by atoms with van der Waals surface area (Å²) in [5, 5.41) is 0. The maximum atomic E-state index is 10.8. The summed E-state index contributed by atoms with van der Waals surface area (Å²) in [4.78, 5) is -0.163. The van der Waals surface area contributed by atoms with Crippen LogP contribution in [0.5, 0.6) is 5.75 Å². The van der Waals surface area contributed by atoms with Crippen LogP contribution < -0.4 is 4.74 Å². The van der Waals surface area contributed by atoms with Crippen molar-refractivity contribution in [2.45, 2.75) is 31.3 Å². The van der Waals surface area contributed by atoms with Crippen LogP contribution >= 0.6 is 37.2 Å². The minimum atomic E-state index is -4.16. The predicted molar refractivity (Wildman–Crippen MR) is 92.5 cm³/mol. The minimum Gasteiger partial charge on any atom is -0.475 e. The van der Waals surface area contributed by atoms with Gasteiger partial charge in [-0.1, -0.05) is 5.92 Å². The molecule has 0 aromatic heterocycles. The smallest absolute Gasteiger partial charge is 0.294 e. The van der Waals surface area contributed by atoms with Gasteiger partial charge in [-0.3, -0.25) is 4.55 Å². The van der Waals surface area contributed by atoms with Gasteiger partial charge in [0.2, 0.25) is 0 Å². The molecular formula is C12H14I2O4S. The molecule has 1 aromatic rings. The Bertz CT molecular complexity index is 554. The van der Waals surface area contributed by atoms with Crippen LogP contribution in [0.3, 0.4) is 0 Å². The van der Waals surface area contributed by atoms with Crippen LogP contribution in [0, 0.1) is 11.8 Å². The maximum absolute atomic E-state index is 10.8. The van der Waals surface area contributed by atoms with Crippen molar-refractivity contribution >= 4 is 47.3 Å². The Hall–Kier alpha value is -0.0500. The van der Waals surface area contributed by atoms with Crippen LogP contribution in [0.1, 0.15) is 20.8 Å². The quantitative estimate of drug-likeness (QED) is 0.383. The Morgan fingerprint density at radius 2 is 1.68 bits per heavy atom. The normalized spacial score (nSPS) is 10.6. The van der Waals surface area contributed by atoms with Crippen molar-refractivity contribution in [1.82, 2.24) is 0 Å². The fourth-order valence-corrected chi connectivity index (χ4v) is 1.78. The molecular weight excluding hydrogens is 494 g/mol. The second-order valence-corrected chi connectivity index (χ2v) is 5.36. The van der Waals surface area contributed by atoms with Gasteiger partial charge in [-0.2, -0.15) is 8.42 Å². The highest BCUT2D eigenvalue weighted by Gasteiger charge is 2.16. The van der Waals surface area contributed by atoms with Crippen molar-refractivity contribution in [3.05, 3.63) is 24.3 Å². The van der Waals surface area contributed by atoms with E-state index < -0.39 is 15.7 Å². The predicted octanol–water partition coefficient (Wildman–Crippen LogP) is 3.89. The SMILES string of the molecule is CC#CC(C)(C)Oc1ccc(S(=O)(=O)O)cc1.II.